The fraction of sp³-hybridized carbons (Fsp3) is 0.375. The van der Waals surface area contributed by atoms with Crippen LogP contribution in [0.1, 0.15) is 31.4 Å². The van der Waals surface area contributed by atoms with Crippen LogP contribution in [0.25, 0.3) is 0 Å². The van der Waals surface area contributed by atoms with E-state index in [0.29, 0.717) is 11.7 Å². The van der Waals surface area contributed by atoms with Crippen molar-refractivity contribution in [1.29, 1.82) is 0 Å². The third-order valence-electron chi connectivity index (χ3n) is 3.70. The molecule has 1 aromatic carbocycles. The Morgan fingerprint density at radius 1 is 1.45 bits per heavy atom. The minimum absolute atomic E-state index is 0.306. The Balaban J connectivity index is 1.63. The van der Waals surface area contributed by atoms with Gasteiger partial charge in [-0.25, -0.2) is 9.48 Å². The van der Waals surface area contributed by atoms with Gasteiger partial charge in [0.15, 0.2) is 0 Å². The van der Waals surface area contributed by atoms with Crippen molar-refractivity contribution in [3.05, 3.63) is 46.6 Å². The van der Waals surface area contributed by atoms with Crippen LogP contribution in [0.15, 0.2) is 41.0 Å². The Bertz CT molecular complexity index is 653. The first kappa shape index (κ1) is 15.1. The predicted molar refractivity (Wildman–Crippen MR) is 87.6 cm³/mol. The van der Waals surface area contributed by atoms with E-state index < -0.39 is 6.09 Å². The Morgan fingerprint density at radius 2 is 2.18 bits per heavy atom. The van der Waals surface area contributed by atoms with Crippen LogP contribution in [0.2, 0.25) is 0 Å². The van der Waals surface area contributed by atoms with Crippen LogP contribution in [0.3, 0.4) is 0 Å². The highest BCUT2D eigenvalue weighted by molar-refractivity contribution is 9.10. The lowest BCUT2D eigenvalue weighted by atomic mass is 10.1. The lowest BCUT2D eigenvalue weighted by Crippen LogP contribution is -2.19. The van der Waals surface area contributed by atoms with Crippen LogP contribution in [-0.2, 0) is 11.3 Å². The first-order chi connectivity index (χ1) is 10.6. The molecule has 1 heterocycles. The molecule has 1 amide bonds. The fourth-order valence-electron chi connectivity index (χ4n) is 2.25. The van der Waals surface area contributed by atoms with Crippen molar-refractivity contribution >= 4 is 27.8 Å². The first-order valence-electron chi connectivity index (χ1n) is 7.37. The molecule has 1 saturated carbocycles. The Kier molecular flexibility index (Phi) is 4.47. The zero-order chi connectivity index (χ0) is 15.5. The Labute approximate surface area is 137 Å². The number of nitrogens with zero attached hydrogens (tertiary/aromatic N) is 2. The van der Waals surface area contributed by atoms with E-state index in [1.807, 2.05) is 41.9 Å². The SMILES string of the molecule is C[C@@H](OC(=O)Nc1c(Br)cnn1CC1CC1)c1ccccc1. The Hall–Kier alpha value is -1.82. The molecule has 1 fully saturated rings. The van der Waals surface area contributed by atoms with Crippen LogP contribution in [0, 0.1) is 5.92 Å². The lowest BCUT2D eigenvalue weighted by molar-refractivity contribution is 0.121. The van der Waals surface area contributed by atoms with E-state index in [2.05, 4.69) is 26.3 Å². The van der Waals surface area contributed by atoms with Gasteiger partial charge < -0.3 is 4.74 Å². The predicted octanol–water partition coefficient (Wildman–Crippen LogP) is 4.37. The van der Waals surface area contributed by atoms with Gasteiger partial charge in [0.05, 0.1) is 10.7 Å². The van der Waals surface area contributed by atoms with Crippen molar-refractivity contribution in [3.8, 4) is 0 Å². The smallest absolute Gasteiger partial charge is 0.413 e. The van der Waals surface area contributed by atoms with Crippen LogP contribution in [0.5, 0.6) is 0 Å². The van der Waals surface area contributed by atoms with Crippen molar-refractivity contribution in [1.82, 2.24) is 9.78 Å². The van der Waals surface area contributed by atoms with E-state index in [0.717, 1.165) is 16.6 Å². The molecule has 0 aliphatic heterocycles. The molecule has 1 aliphatic carbocycles. The molecule has 1 N–H and O–H groups in total. The zero-order valence-electron chi connectivity index (χ0n) is 12.3. The molecule has 116 valence electrons. The largest absolute Gasteiger partial charge is 0.441 e. The van der Waals surface area contributed by atoms with Gasteiger partial charge >= 0.3 is 6.09 Å². The number of rotatable bonds is 5. The summed E-state index contributed by atoms with van der Waals surface area (Å²) in [5, 5.41) is 7.07. The van der Waals surface area contributed by atoms with Gasteiger partial charge in [-0.3, -0.25) is 5.32 Å². The van der Waals surface area contributed by atoms with E-state index in [4.69, 9.17) is 4.74 Å². The topological polar surface area (TPSA) is 56.1 Å². The van der Waals surface area contributed by atoms with Gasteiger partial charge in [-0.2, -0.15) is 5.10 Å². The Morgan fingerprint density at radius 3 is 2.86 bits per heavy atom. The van der Waals surface area contributed by atoms with Crippen molar-refractivity contribution in [3.63, 3.8) is 0 Å². The monoisotopic (exact) mass is 363 g/mol. The van der Waals surface area contributed by atoms with E-state index in [-0.39, 0.29) is 6.10 Å². The van der Waals surface area contributed by atoms with Gasteiger partial charge in [0.2, 0.25) is 0 Å². The number of carbonyl (C=O) groups is 1. The van der Waals surface area contributed by atoms with E-state index in [1.165, 1.54) is 12.8 Å². The minimum Gasteiger partial charge on any atom is -0.441 e. The van der Waals surface area contributed by atoms with Gasteiger partial charge in [0, 0.05) is 6.54 Å². The molecule has 1 atom stereocenters. The highest BCUT2D eigenvalue weighted by atomic mass is 79.9. The minimum atomic E-state index is -0.477. The number of ether oxygens (including phenoxy) is 1. The van der Waals surface area contributed by atoms with Crippen LogP contribution >= 0.6 is 15.9 Å². The summed E-state index contributed by atoms with van der Waals surface area (Å²) in [6, 6.07) is 9.66. The highest BCUT2D eigenvalue weighted by Gasteiger charge is 2.24. The van der Waals surface area contributed by atoms with E-state index >= 15 is 0 Å². The van der Waals surface area contributed by atoms with Crippen LogP contribution in [0.4, 0.5) is 10.6 Å². The fourth-order valence-corrected chi connectivity index (χ4v) is 2.64. The molecular weight excluding hydrogens is 346 g/mol. The average molecular weight is 364 g/mol. The summed E-state index contributed by atoms with van der Waals surface area (Å²) in [6.07, 6.45) is 3.37. The standard InChI is InChI=1S/C16H18BrN3O2/c1-11(13-5-3-2-4-6-13)22-16(21)19-15-14(17)9-18-20(15)10-12-7-8-12/h2-6,9,11-12H,7-8,10H2,1H3,(H,19,21)/t11-/m1/s1. The summed E-state index contributed by atoms with van der Waals surface area (Å²) >= 11 is 3.41. The van der Waals surface area contributed by atoms with E-state index in [1.54, 1.807) is 6.20 Å². The molecule has 1 aromatic heterocycles. The molecule has 0 bridgehead atoms. The van der Waals surface area contributed by atoms with Gasteiger partial charge in [-0.05, 0) is 47.2 Å². The van der Waals surface area contributed by atoms with E-state index in [9.17, 15) is 4.79 Å². The molecule has 6 heteroatoms. The number of nitrogens with one attached hydrogen (secondary N) is 1. The second-order valence-corrected chi connectivity index (χ2v) is 6.40. The molecular formula is C16H18BrN3O2. The second-order valence-electron chi connectivity index (χ2n) is 5.55. The van der Waals surface area contributed by atoms with Gasteiger partial charge in [-0.1, -0.05) is 30.3 Å². The third-order valence-corrected chi connectivity index (χ3v) is 4.28. The van der Waals surface area contributed by atoms with Crippen LogP contribution < -0.4 is 5.32 Å². The molecule has 0 unspecified atom stereocenters. The number of hydrogen-bond donors (Lipinski definition) is 1. The maximum absolute atomic E-state index is 12.1. The molecule has 0 radical (unpaired) electrons. The molecule has 0 spiro atoms. The number of halogens is 1. The summed E-state index contributed by atoms with van der Waals surface area (Å²) in [7, 11) is 0. The van der Waals surface area contributed by atoms with Gasteiger partial charge in [0.1, 0.15) is 11.9 Å². The first-order valence-corrected chi connectivity index (χ1v) is 8.16. The molecule has 0 saturated heterocycles. The normalized spacial score (nSPS) is 15.4. The molecule has 3 rings (SSSR count). The number of hydrogen-bond acceptors (Lipinski definition) is 3. The third kappa shape index (κ3) is 3.68. The second kappa shape index (κ2) is 6.52. The number of carbonyl (C=O) groups excluding carboxylic acids is 1. The van der Waals surface area contributed by atoms with Crippen molar-refractivity contribution in [2.24, 2.45) is 5.92 Å². The van der Waals surface area contributed by atoms with Crippen molar-refractivity contribution in [2.75, 3.05) is 5.32 Å². The lowest BCUT2D eigenvalue weighted by Gasteiger charge is -2.15. The number of benzene rings is 1. The summed E-state index contributed by atoms with van der Waals surface area (Å²) in [5.74, 6) is 1.32. The highest BCUT2D eigenvalue weighted by Crippen LogP contribution is 2.33. The molecule has 1 aliphatic rings. The number of aromatic nitrogens is 2. The summed E-state index contributed by atoms with van der Waals surface area (Å²) < 4.78 is 8.01. The molecule has 5 nitrogen and oxygen atoms in total. The summed E-state index contributed by atoms with van der Waals surface area (Å²) in [4.78, 5) is 12.1. The maximum atomic E-state index is 12.1. The van der Waals surface area contributed by atoms with Gasteiger partial charge in [0.25, 0.3) is 0 Å². The van der Waals surface area contributed by atoms with Crippen molar-refractivity contribution in [2.45, 2.75) is 32.4 Å². The maximum Gasteiger partial charge on any atom is 0.413 e. The van der Waals surface area contributed by atoms with Crippen LogP contribution in [-0.4, -0.2) is 15.9 Å². The molecule has 2 aromatic rings. The quantitative estimate of drug-likeness (QED) is 0.857. The van der Waals surface area contributed by atoms with Crippen molar-refractivity contribution < 1.29 is 9.53 Å². The molecule has 22 heavy (non-hydrogen) atoms. The zero-order valence-corrected chi connectivity index (χ0v) is 13.9. The average Bonchev–Trinajstić information content (AvgIpc) is 3.27. The summed E-state index contributed by atoms with van der Waals surface area (Å²) in [5.41, 5.74) is 0.961. The number of anilines is 1. The van der Waals surface area contributed by atoms with Gasteiger partial charge in [-0.15, -0.1) is 0 Å². The summed E-state index contributed by atoms with van der Waals surface area (Å²) in [6.45, 7) is 2.68. The number of amides is 1.